The number of hydrogen-bond donors (Lipinski definition) is 0. The van der Waals surface area contributed by atoms with Gasteiger partial charge in [-0.2, -0.15) is 0 Å². The lowest BCUT2D eigenvalue weighted by Crippen LogP contribution is -2.56. The zero-order chi connectivity index (χ0) is 16.9. The molecular weight excluding hydrogens is 284 g/mol. The van der Waals surface area contributed by atoms with Crippen LogP contribution in [0.4, 0.5) is 0 Å². The summed E-state index contributed by atoms with van der Waals surface area (Å²) in [5.74, 6) is 2.27. The van der Waals surface area contributed by atoms with Crippen LogP contribution in [0.2, 0.25) is 0 Å². The maximum absolute atomic E-state index is 12.6. The summed E-state index contributed by atoms with van der Waals surface area (Å²) in [5, 5.41) is 0. The molecule has 0 bridgehead atoms. The zero-order valence-electron chi connectivity index (χ0n) is 15.9. The van der Waals surface area contributed by atoms with Crippen molar-refractivity contribution in [1.29, 1.82) is 0 Å². The van der Waals surface area contributed by atoms with Crippen LogP contribution in [0.1, 0.15) is 85.5 Å². The number of methoxy groups -OCH3 is 1. The van der Waals surface area contributed by atoms with Gasteiger partial charge < -0.3 is 4.74 Å². The molecular formula is C21H36O2. The van der Waals surface area contributed by atoms with E-state index in [9.17, 15) is 4.79 Å². The molecule has 0 saturated heterocycles. The lowest BCUT2D eigenvalue weighted by atomic mass is 9.43. The fourth-order valence-corrected chi connectivity index (χ4v) is 6.97. The number of carbonyl (C=O) groups excluding carboxylic acids is 1. The Hall–Kier alpha value is -0.530. The van der Waals surface area contributed by atoms with E-state index in [1.807, 2.05) is 0 Å². The average Bonchev–Trinajstić information content (AvgIpc) is 2.53. The Morgan fingerprint density at radius 3 is 2.48 bits per heavy atom. The van der Waals surface area contributed by atoms with Gasteiger partial charge in [0.1, 0.15) is 0 Å². The Labute approximate surface area is 142 Å². The van der Waals surface area contributed by atoms with Crippen LogP contribution in [-0.4, -0.2) is 13.1 Å². The van der Waals surface area contributed by atoms with E-state index < -0.39 is 0 Å². The number of ether oxygens (including phenoxy) is 1. The molecule has 3 saturated carbocycles. The number of fused-ring (bicyclic) bond motifs is 3. The van der Waals surface area contributed by atoms with Gasteiger partial charge in [-0.1, -0.05) is 33.6 Å². The van der Waals surface area contributed by atoms with E-state index in [0.717, 1.165) is 18.3 Å². The first-order valence-corrected chi connectivity index (χ1v) is 9.87. The van der Waals surface area contributed by atoms with E-state index in [2.05, 4.69) is 27.7 Å². The molecule has 2 heteroatoms. The fourth-order valence-electron chi connectivity index (χ4n) is 6.97. The van der Waals surface area contributed by atoms with Gasteiger partial charge in [-0.25, -0.2) is 0 Å². The van der Waals surface area contributed by atoms with Gasteiger partial charge in [-0.15, -0.1) is 0 Å². The summed E-state index contributed by atoms with van der Waals surface area (Å²) in [6.07, 6.45) is 11.5. The van der Waals surface area contributed by atoms with Crippen molar-refractivity contribution >= 4 is 5.97 Å². The molecule has 3 aliphatic rings. The molecule has 132 valence electrons. The molecule has 0 amide bonds. The molecule has 0 unspecified atom stereocenters. The summed E-state index contributed by atoms with van der Waals surface area (Å²) in [5.41, 5.74) is 0.655. The van der Waals surface area contributed by atoms with Crippen LogP contribution < -0.4 is 0 Å². The molecule has 0 aliphatic heterocycles. The molecule has 0 aromatic heterocycles. The van der Waals surface area contributed by atoms with E-state index in [1.165, 1.54) is 51.4 Å². The van der Waals surface area contributed by atoms with Crippen LogP contribution in [-0.2, 0) is 9.53 Å². The fraction of sp³-hybridized carbons (Fsp3) is 0.952. The first-order chi connectivity index (χ1) is 10.8. The second-order valence-electron chi connectivity index (χ2n) is 9.67. The average molecular weight is 321 g/mol. The molecule has 0 aromatic carbocycles. The number of esters is 1. The largest absolute Gasteiger partial charge is 0.469 e. The Kier molecular flexibility index (Phi) is 4.34. The van der Waals surface area contributed by atoms with E-state index in [4.69, 9.17) is 4.74 Å². The minimum absolute atomic E-state index is 0.0427. The van der Waals surface area contributed by atoms with Crippen molar-refractivity contribution in [2.24, 2.45) is 34.0 Å². The molecule has 0 aromatic rings. The summed E-state index contributed by atoms with van der Waals surface area (Å²) in [7, 11) is 1.57. The van der Waals surface area contributed by atoms with Crippen molar-refractivity contribution < 1.29 is 9.53 Å². The van der Waals surface area contributed by atoms with Crippen molar-refractivity contribution in [2.45, 2.75) is 85.5 Å². The van der Waals surface area contributed by atoms with Crippen LogP contribution in [0.5, 0.6) is 0 Å². The monoisotopic (exact) mass is 320 g/mol. The summed E-state index contributed by atoms with van der Waals surface area (Å²) in [6, 6.07) is 0. The van der Waals surface area contributed by atoms with E-state index in [0.29, 0.717) is 16.7 Å². The Bertz CT molecular complexity index is 472. The predicted molar refractivity (Wildman–Crippen MR) is 94.0 cm³/mol. The lowest BCUT2D eigenvalue weighted by molar-refractivity contribution is -0.177. The van der Waals surface area contributed by atoms with Crippen molar-refractivity contribution in [1.82, 2.24) is 0 Å². The molecule has 23 heavy (non-hydrogen) atoms. The second kappa shape index (κ2) is 5.77. The second-order valence-corrected chi connectivity index (χ2v) is 9.67. The van der Waals surface area contributed by atoms with Gasteiger partial charge >= 0.3 is 5.97 Å². The maximum Gasteiger partial charge on any atom is 0.311 e. The molecule has 0 spiro atoms. The van der Waals surface area contributed by atoms with Gasteiger partial charge in [0.2, 0.25) is 0 Å². The Morgan fingerprint density at radius 2 is 1.83 bits per heavy atom. The van der Waals surface area contributed by atoms with Crippen LogP contribution in [0, 0.1) is 34.0 Å². The molecule has 3 rings (SSSR count). The molecule has 0 radical (unpaired) electrons. The molecule has 3 fully saturated rings. The summed E-state index contributed by atoms with van der Waals surface area (Å²) in [6.45, 7) is 9.57. The Morgan fingerprint density at radius 1 is 1.09 bits per heavy atom. The number of rotatable bonds is 2. The van der Waals surface area contributed by atoms with E-state index >= 15 is 0 Å². The molecule has 0 N–H and O–H groups in total. The van der Waals surface area contributed by atoms with Crippen molar-refractivity contribution in [3.05, 3.63) is 0 Å². The first kappa shape index (κ1) is 17.3. The predicted octanol–water partition coefficient (Wildman–Crippen LogP) is 5.60. The Balaban J connectivity index is 1.88. The van der Waals surface area contributed by atoms with E-state index in [1.54, 1.807) is 7.11 Å². The van der Waals surface area contributed by atoms with Crippen LogP contribution in [0.15, 0.2) is 0 Å². The lowest BCUT2D eigenvalue weighted by Gasteiger charge is -2.61. The van der Waals surface area contributed by atoms with Gasteiger partial charge in [-0.05, 0) is 80.5 Å². The smallest absolute Gasteiger partial charge is 0.311 e. The number of carbonyl (C=O) groups is 1. The van der Waals surface area contributed by atoms with Gasteiger partial charge in [-0.3, -0.25) is 4.79 Å². The standard InChI is InChI=1S/C21H36O2/c1-6-19(2)13-10-16-15(14-19)8-9-17-20(16,3)11-7-12-21(17,4)18(22)23-5/h15-17H,6-14H2,1-5H3/t15-,16+,17-,19-,20-,21-/m1/s1. The topological polar surface area (TPSA) is 26.3 Å². The van der Waals surface area contributed by atoms with Gasteiger partial charge in [0.15, 0.2) is 0 Å². The highest BCUT2D eigenvalue weighted by molar-refractivity contribution is 5.77. The normalized spacial score (nSPS) is 49.9. The summed E-state index contributed by atoms with van der Waals surface area (Å²) >= 11 is 0. The summed E-state index contributed by atoms with van der Waals surface area (Å²) in [4.78, 5) is 12.6. The maximum atomic E-state index is 12.6. The minimum atomic E-state index is -0.252. The minimum Gasteiger partial charge on any atom is -0.469 e. The van der Waals surface area contributed by atoms with Crippen molar-refractivity contribution in [2.75, 3.05) is 7.11 Å². The van der Waals surface area contributed by atoms with Crippen molar-refractivity contribution in [3.8, 4) is 0 Å². The summed E-state index contributed by atoms with van der Waals surface area (Å²) < 4.78 is 5.23. The molecule has 3 aliphatic carbocycles. The first-order valence-electron chi connectivity index (χ1n) is 9.87. The van der Waals surface area contributed by atoms with Crippen molar-refractivity contribution in [3.63, 3.8) is 0 Å². The third-order valence-electron chi connectivity index (χ3n) is 8.54. The van der Waals surface area contributed by atoms with Crippen LogP contribution in [0.3, 0.4) is 0 Å². The third-order valence-corrected chi connectivity index (χ3v) is 8.54. The highest BCUT2D eigenvalue weighted by Crippen LogP contribution is 2.65. The molecule has 2 nitrogen and oxygen atoms in total. The van der Waals surface area contributed by atoms with Gasteiger partial charge in [0.05, 0.1) is 12.5 Å². The molecule has 6 atom stereocenters. The zero-order valence-corrected chi connectivity index (χ0v) is 15.9. The number of hydrogen-bond acceptors (Lipinski definition) is 2. The quantitative estimate of drug-likeness (QED) is 0.619. The van der Waals surface area contributed by atoms with Gasteiger partial charge in [0, 0.05) is 0 Å². The highest BCUT2D eigenvalue weighted by Gasteiger charge is 2.60. The third kappa shape index (κ3) is 2.55. The van der Waals surface area contributed by atoms with E-state index in [-0.39, 0.29) is 11.4 Å². The van der Waals surface area contributed by atoms with Crippen LogP contribution in [0.25, 0.3) is 0 Å². The highest BCUT2D eigenvalue weighted by atomic mass is 16.5. The van der Waals surface area contributed by atoms with Gasteiger partial charge in [0.25, 0.3) is 0 Å². The van der Waals surface area contributed by atoms with Crippen LogP contribution >= 0.6 is 0 Å². The SMILES string of the molecule is CC[C@]1(C)CC[C@H]2[C@H](CC[C@@H]3[C@]2(C)CCC[C@@]3(C)C(=O)OC)C1. The molecule has 0 heterocycles.